The number of ether oxygens (including phenoxy) is 1. The molecule has 1 aromatic carbocycles. The number of hydrogen-bond acceptors (Lipinski definition) is 8. The molecule has 182 valence electrons. The number of rotatable bonds is 6. The highest BCUT2D eigenvalue weighted by Crippen LogP contribution is 2.39. The average molecular weight is 500 g/mol. The number of hydrogen-bond donors (Lipinski definition) is 0. The smallest absolute Gasteiger partial charge is 0.308 e. The van der Waals surface area contributed by atoms with E-state index < -0.39 is 6.04 Å². The lowest BCUT2D eigenvalue weighted by atomic mass is 9.98. The lowest BCUT2D eigenvalue weighted by Crippen LogP contribution is -2.13. The first kappa shape index (κ1) is 23.7. The van der Waals surface area contributed by atoms with Crippen molar-refractivity contribution in [3.63, 3.8) is 0 Å². The van der Waals surface area contributed by atoms with Gasteiger partial charge < -0.3 is 4.74 Å². The number of benzene rings is 1. The standard InChI is InChI=1S/C27H25N5O3S/c1-5-35-23(34)13-22-26-31-30-17(4)32(26)27-24(15(2)16(3)36-27)25(29-22)19-11-9-18(10-12-19)21-8-6-7-20(14-33)28-21/h6-12,14,22H,5,13H2,1-4H3/t22-/m0/s1. The zero-order chi connectivity index (χ0) is 25.4. The van der Waals surface area contributed by atoms with Gasteiger partial charge >= 0.3 is 5.97 Å². The molecule has 0 unspecified atom stereocenters. The number of pyridine rings is 1. The van der Waals surface area contributed by atoms with Crippen molar-refractivity contribution in [3.05, 3.63) is 81.4 Å². The number of aryl methyl sites for hydroxylation is 2. The van der Waals surface area contributed by atoms with Crippen LogP contribution in [0, 0.1) is 20.8 Å². The van der Waals surface area contributed by atoms with E-state index in [4.69, 9.17) is 9.73 Å². The quantitative estimate of drug-likeness (QED) is 0.274. The van der Waals surface area contributed by atoms with E-state index in [9.17, 15) is 9.59 Å². The van der Waals surface area contributed by atoms with E-state index in [0.29, 0.717) is 18.1 Å². The molecule has 3 aromatic heterocycles. The van der Waals surface area contributed by atoms with E-state index in [1.807, 2.05) is 47.9 Å². The monoisotopic (exact) mass is 499 g/mol. The summed E-state index contributed by atoms with van der Waals surface area (Å²) in [4.78, 5) is 34.3. The summed E-state index contributed by atoms with van der Waals surface area (Å²) in [5, 5.41) is 9.72. The lowest BCUT2D eigenvalue weighted by Gasteiger charge is -2.12. The first-order valence-electron chi connectivity index (χ1n) is 11.7. The van der Waals surface area contributed by atoms with Crippen LogP contribution in [0.1, 0.15) is 63.1 Å². The van der Waals surface area contributed by atoms with Gasteiger partial charge in [0.05, 0.1) is 24.4 Å². The highest BCUT2D eigenvalue weighted by atomic mass is 32.1. The maximum Gasteiger partial charge on any atom is 0.308 e. The maximum atomic E-state index is 12.5. The number of carbonyl (C=O) groups is 2. The highest BCUT2D eigenvalue weighted by molar-refractivity contribution is 7.15. The van der Waals surface area contributed by atoms with Crippen LogP contribution in [-0.4, -0.2) is 44.3 Å². The Hall–Kier alpha value is -3.98. The third-order valence-corrected chi connectivity index (χ3v) is 7.44. The molecule has 0 fully saturated rings. The highest BCUT2D eigenvalue weighted by Gasteiger charge is 2.32. The number of carbonyl (C=O) groups excluding carboxylic acids is 2. The second-order valence-electron chi connectivity index (χ2n) is 8.55. The van der Waals surface area contributed by atoms with Crippen LogP contribution in [0.25, 0.3) is 16.3 Å². The molecule has 0 bridgehead atoms. The van der Waals surface area contributed by atoms with E-state index in [-0.39, 0.29) is 12.4 Å². The van der Waals surface area contributed by atoms with Gasteiger partial charge in [0.1, 0.15) is 22.6 Å². The summed E-state index contributed by atoms with van der Waals surface area (Å²) in [7, 11) is 0. The van der Waals surface area contributed by atoms with Gasteiger partial charge in [0, 0.05) is 21.6 Å². The summed E-state index contributed by atoms with van der Waals surface area (Å²) in [6.07, 6.45) is 0.814. The number of aromatic nitrogens is 4. The maximum absolute atomic E-state index is 12.5. The van der Waals surface area contributed by atoms with Crippen molar-refractivity contribution < 1.29 is 14.3 Å². The fraction of sp³-hybridized carbons (Fsp3) is 0.259. The van der Waals surface area contributed by atoms with Crippen molar-refractivity contribution in [2.45, 2.75) is 40.2 Å². The van der Waals surface area contributed by atoms with Gasteiger partial charge in [-0.25, -0.2) is 4.98 Å². The van der Waals surface area contributed by atoms with E-state index in [1.54, 1.807) is 24.3 Å². The first-order chi connectivity index (χ1) is 17.4. The molecule has 1 aliphatic rings. The van der Waals surface area contributed by atoms with Crippen LogP contribution in [0.4, 0.5) is 0 Å². The molecule has 4 heterocycles. The van der Waals surface area contributed by atoms with Gasteiger partial charge in [0.2, 0.25) is 0 Å². The first-order valence-corrected chi connectivity index (χ1v) is 12.5. The van der Waals surface area contributed by atoms with Gasteiger partial charge in [-0.2, -0.15) is 0 Å². The molecule has 0 amide bonds. The van der Waals surface area contributed by atoms with Gasteiger partial charge in [0.25, 0.3) is 0 Å². The molecule has 0 N–H and O–H groups in total. The molecule has 1 atom stereocenters. The number of aldehydes is 1. The molecule has 0 saturated carbocycles. The van der Waals surface area contributed by atoms with E-state index in [2.05, 4.69) is 29.0 Å². The minimum absolute atomic E-state index is 0.0724. The average Bonchev–Trinajstić information content (AvgIpc) is 3.36. The van der Waals surface area contributed by atoms with Crippen LogP contribution in [0.5, 0.6) is 0 Å². The predicted molar refractivity (Wildman–Crippen MR) is 138 cm³/mol. The number of thiophene rings is 1. The van der Waals surface area contributed by atoms with Crippen LogP contribution in [-0.2, 0) is 9.53 Å². The molecular weight excluding hydrogens is 474 g/mol. The number of esters is 1. The van der Waals surface area contributed by atoms with Gasteiger partial charge in [-0.15, -0.1) is 21.5 Å². The Morgan fingerprint density at radius 3 is 2.56 bits per heavy atom. The Morgan fingerprint density at radius 1 is 1.08 bits per heavy atom. The van der Waals surface area contributed by atoms with Crippen molar-refractivity contribution in [2.75, 3.05) is 6.61 Å². The van der Waals surface area contributed by atoms with E-state index in [1.165, 1.54) is 4.88 Å². The second kappa shape index (κ2) is 9.58. The van der Waals surface area contributed by atoms with Crippen molar-refractivity contribution in [3.8, 4) is 16.3 Å². The Kier molecular flexibility index (Phi) is 6.32. The van der Waals surface area contributed by atoms with Gasteiger partial charge in [0.15, 0.2) is 12.1 Å². The summed E-state index contributed by atoms with van der Waals surface area (Å²) in [5.41, 5.74) is 5.87. The molecule has 8 nitrogen and oxygen atoms in total. The van der Waals surface area contributed by atoms with Crippen LogP contribution in [0.3, 0.4) is 0 Å². The molecule has 0 saturated heterocycles. The van der Waals surface area contributed by atoms with E-state index in [0.717, 1.165) is 50.8 Å². The molecule has 5 rings (SSSR count). The number of fused-ring (bicyclic) bond motifs is 3. The fourth-order valence-electron chi connectivity index (χ4n) is 4.38. The summed E-state index contributed by atoms with van der Waals surface area (Å²) < 4.78 is 7.26. The number of aliphatic imine (C=N–C) groups is 1. The molecule has 9 heteroatoms. The van der Waals surface area contributed by atoms with Crippen molar-refractivity contribution in [1.29, 1.82) is 0 Å². The molecule has 0 radical (unpaired) electrons. The fourth-order valence-corrected chi connectivity index (χ4v) is 5.59. The molecule has 0 spiro atoms. The Balaban J connectivity index is 1.65. The topological polar surface area (TPSA) is 99.3 Å². The van der Waals surface area contributed by atoms with Crippen LogP contribution in [0.15, 0.2) is 47.5 Å². The largest absolute Gasteiger partial charge is 0.466 e. The number of nitrogens with zero attached hydrogens (tertiary/aromatic N) is 5. The minimum atomic E-state index is -0.537. The molecule has 36 heavy (non-hydrogen) atoms. The molecule has 0 aliphatic carbocycles. The zero-order valence-corrected chi connectivity index (χ0v) is 21.3. The molecule has 1 aliphatic heterocycles. The third-order valence-electron chi connectivity index (χ3n) is 6.25. The zero-order valence-electron chi connectivity index (χ0n) is 20.5. The minimum Gasteiger partial charge on any atom is -0.466 e. The Labute approximate surface area is 212 Å². The van der Waals surface area contributed by atoms with Crippen molar-refractivity contribution in [1.82, 2.24) is 19.7 Å². The van der Waals surface area contributed by atoms with Gasteiger partial charge in [-0.1, -0.05) is 30.3 Å². The second-order valence-corrected chi connectivity index (χ2v) is 9.75. The van der Waals surface area contributed by atoms with Gasteiger partial charge in [-0.05, 0) is 45.4 Å². The van der Waals surface area contributed by atoms with Gasteiger partial charge in [-0.3, -0.25) is 19.1 Å². The lowest BCUT2D eigenvalue weighted by molar-refractivity contribution is -0.143. The predicted octanol–water partition coefficient (Wildman–Crippen LogP) is 4.97. The van der Waals surface area contributed by atoms with Crippen LogP contribution in [0.2, 0.25) is 0 Å². The summed E-state index contributed by atoms with van der Waals surface area (Å²) >= 11 is 1.67. The Morgan fingerprint density at radius 2 is 1.83 bits per heavy atom. The SMILES string of the molecule is CCOC(=O)C[C@@H]1N=C(c2ccc(-c3cccc(C=O)n3)cc2)c2c(sc(C)c2C)-n2c(C)nnc21. The summed E-state index contributed by atoms with van der Waals surface area (Å²) in [6, 6.07) is 12.8. The normalized spacial score (nSPS) is 14.4. The van der Waals surface area contributed by atoms with Crippen LogP contribution < -0.4 is 0 Å². The summed E-state index contributed by atoms with van der Waals surface area (Å²) in [6.45, 7) is 8.19. The third kappa shape index (κ3) is 4.15. The molecule has 4 aromatic rings. The molecular formula is C27H25N5O3S. The Bertz CT molecular complexity index is 1500. The van der Waals surface area contributed by atoms with Crippen molar-refractivity contribution in [2.24, 2.45) is 4.99 Å². The van der Waals surface area contributed by atoms with Crippen LogP contribution >= 0.6 is 11.3 Å². The van der Waals surface area contributed by atoms with Crippen molar-refractivity contribution >= 4 is 29.3 Å². The van der Waals surface area contributed by atoms with E-state index >= 15 is 0 Å². The summed E-state index contributed by atoms with van der Waals surface area (Å²) in [5.74, 6) is 1.05.